The number of fused-ring (bicyclic) bond motifs is 2. The summed E-state index contributed by atoms with van der Waals surface area (Å²) in [6.07, 6.45) is 6.50. The van der Waals surface area contributed by atoms with Crippen LogP contribution in [0.5, 0.6) is 0 Å². The van der Waals surface area contributed by atoms with Gasteiger partial charge in [-0.2, -0.15) is 0 Å². The van der Waals surface area contributed by atoms with Crippen molar-refractivity contribution in [2.75, 3.05) is 0 Å². The van der Waals surface area contributed by atoms with Crippen LogP contribution in [0.2, 0.25) is 0 Å². The van der Waals surface area contributed by atoms with E-state index in [1.807, 2.05) is 0 Å². The lowest BCUT2D eigenvalue weighted by atomic mass is 9.93. The maximum atomic E-state index is 11.1. The van der Waals surface area contributed by atoms with Crippen molar-refractivity contribution < 1.29 is 4.79 Å². The summed E-state index contributed by atoms with van der Waals surface area (Å²) in [5.74, 6) is 6.31. The molecule has 1 saturated carbocycles. The predicted octanol–water partition coefficient (Wildman–Crippen LogP) is 0.188. The fraction of sp³-hybridized carbons (Fsp3) is 0.625. The second kappa shape index (κ2) is 2.34. The van der Waals surface area contributed by atoms with Crippen LogP contribution in [0.1, 0.15) is 12.8 Å². The monoisotopic (exact) mass is 152 g/mol. The third-order valence-electron chi connectivity index (χ3n) is 2.76. The van der Waals surface area contributed by atoms with Crippen LogP contribution < -0.4 is 11.3 Å². The molecular weight excluding hydrogens is 140 g/mol. The van der Waals surface area contributed by atoms with E-state index in [-0.39, 0.29) is 11.8 Å². The van der Waals surface area contributed by atoms with Gasteiger partial charge in [-0.05, 0) is 24.7 Å². The van der Waals surface area contributed by atoms with Gasteiger partial charge in [-0.15, -0.1) is 0 Å². The van der Waals surface area contributed by atoms with E-state index >= 15 is 0 Å². The van der Waals surface area contributed by atoms with E-state index in [2.05, 4.69) is 17.6 Å². The highest BCUT2D eigenvalue weighted by atomic mass is 16.2. The van der Waals surface area contributed by atoms with Crippen molar-refractivity contribution in [1.82, 2.24) is 5.43 Å². The molecule has 2 bridgehead atoms. The number of amides is 1. The lowest BCUT2D eigenvalue weighted by molar-refractivity contribution is -0.125. The van der Waals surface area contributed by atoms with Crippen molar-refractivity contribution in [3.8, 4) is 0 Å². The van der Waals surface area contributed by atoms with E-state index in [0.29, 0.717) is 11.8 Å². The average Bonchev–Trinajstić information content (AvgIpc) is 2.62. The molecule has 0 radical (unpaired) electrons. The zero-order valence-corrected chi connectivity index (χ0v) is 6.29. The molecule has 0 unspecified atom stereocenters. The van der Waals surface area contributed by atoms with Crippen molar-refractivity contribution in [1.29, 1.82) is 0 Å². The first-order valence-electron chi connectivity index (χ1n) is 4.00. The molecule has 3 N–H and O–H groups in total. The lowest BCUT2D eigenvalue weighted by Gasteiger charge is -2.15. The van der Waals surface area contributed by atoms with Crippen molar-refractivity contribution in [3.05, 3.63) is 12.2 Å². The van der Waals surface area contributed by atoms with Gasteiger partial charge < -0.3 is 0 Å². The maximum absolute atomic E-state index is 11.1. The van der Waals surface area contributed by atoms with Crippen LogP contribution in [0.3, 0.4) is 0 Å². The highest BCUT2D eigenvalue weighted by molar-refractivity contribution is 5.79. The van der Waals surface area contributed by atoms with Crippen molar-refractivity contribution in [3.63, 3.8) is 0 Å². The molecule has 60 valence electrons. The summed E-state index contributed by atoms with van der Waals surface area (Å²) in [7, 11) is 0. The van der Waals surface area contributed by atoms with Crippen LogP contribution in [0, 0.1) is 17.8 Å². The summed E-state index contributed by atoms with van der Waals surface area (Å²) in [5, 5.41) is 0. The van der Waals surface area contributed by atoms with Crippen molar-refractivity contribution >= 4 is 5.91 Å². The van der Waals surface area contributed by atoms with E-state index in [1.165, 1.54) is 0 Å². The van der Waals surface area contributed by atoms with Gasteiger partial charge in [0.1, 0.15) is 0 Å². The normalized spacial score (nSPS) is 39.5. The predicted molar refractivity (Wildman–Crippen MR) is 41.2 cm³/mol. The van der Waals surface area contributed by atoms with Crippen molar-refractivity contribution in [2.24, 2.45) is 23.6 Å². The largest absolute Gasteiger partial charge is 0.294 e. The summed E-state index contributed by atoms with van der Waals surface area (Å²) in [6.45, 7) is 0. The molecule has 0 heterocycles. The highest BCUT2D eigenvalue weighted by Crippen LogP contribution is 2.43. The molecule has 3 heteroatoms. The van der Waals surface area contributed by atoms with Gasteiger partial charge in [0.05, 0.1) is 0 Å². The van der Waals surface area contributed by atoms with Crippen LogP contribution in [0.15, 0.2) is 12.2 Å². The Hall–Kier alpha value is -0.830. The zero-order valence-electron chi connectivity index (χ0n) is 6.29. The number of allylic oxidation sites excluding steroid dienone is 2. The molecular formula is C8H12N2O. The Bertz CT molecular complexity index is 212. The molecule has 3 atom stereocenters. The molecule has 0 aromatic carbocycles. The van der Waals surface area contributed by atoms with E-state index in [1.54, 1.807) is 0 Å². The standard InChI is InChI=1S/C8H12N2O/c9-10-8(11)7-4-5-1-2-6(7)3-5/h1-2,5-7H,3-4,9H2,(H,10,11)/t5-,6+,7-/m1/s1. The van der Waals surface area contributed by atoms with Gasteiger partial charge in [0.2, 0.25) is 5.91 Å². The molecule has 0 aromatic heterocycles. The van der Waals surface area contributed by atoms with Crippen LogP contribution in [0.25, 0.3) is 0 Å². The third-order valence-corrected chi connectivity index (χ3v) is 2.76. The van der Waals surface area contributed by atoms with Gasteiger partial charge in [0.25, 0.3) is 0 Å². The third kappa shape index (κ3) is 0.959. The Labute approximate surface area is 65.6 Å². The Morgan fingerprint density at radius 3 is 2.73 bits per heavy atom. The number of hydrogen-bond acceptors (Lipinski definition) is 2. The Balaban J connectivity index is 2.08. The average molecular weight is 152 g/mol. The van der Waals surface area contributed by atoms with E-state index < -0.39 is 0 Å². The van der Waals surface area contributed by atoms with Crippen LogP contribution >= 0.6 is 0 Å². The molecule has 1 amide bonds. The maximum Gasteiger partial charge on any atom is 0.237 e. The molecule has 11 heavy (non-hydrogen) atoms. The number of nitrogens with two attached hydrogens (primary N) is 1. The quantitative estimate of drug-likeness (QED) is 0.244. The number of carbonyl (C=O) groups excluding carboxylic acids is 1. The molecule has 0 spiro atoms. The van der Waals surface area contributed by atoms with Crippen LogP contribution in [0.4, 0.5) is 0 Å². The SMILES string of the molecule is NNC(=O)[C@@H]1C[C@@H]2C=C[C@H]1C2. The van der Waals surface area contributed by atoms with Gasteiger partial charge in [-0.1, -0.05) is 12.2 Å². The number of nitrogens with one attached hydrogen (secondary N) is 1. The fourth-order valence-electron chi connectivity index (χ4n) is 2.19. The van der Waals surface area contributed by atoms with E-state index in [0.717, 1.165) is 12.8 Å². The van der Waals surface area contributed by atoms with E-state index in [9.17, 15) is 4.79 Å². The minimum absolute atomic E-state index is 0.00171. The molecule has 0 aliphatic heterocycles. The second-order valence-electron chi connectivity index (χ2n) is 3.40. The van der Waals surface area contributed by atoms with Crippen LogP contribution in [-0.4, -0.2) is 5.91 Å². The first-order chi connectivity index (χ1) is 5.31. The first kappa shape index (κ1) is 6.85. The Kier molecular flexibility index (Phi) is 1.46. The Morgan fingerprint density at radius 2 is 2.27 bits per heavy atom. The highest BCUT2D eigenvalue weighted by Gasteiger charge is 2.39. The molecule has 1 fully saturated rings. The molecule has 0 aromatic rings. The van der Waals surface area contributed by atoms with Gasteiger partial charge in [-0.25, -0.2) is 5.84 Å². The van der Waals surface area contributed by atoms with Gasteiger partial charge in [0.15, 0.2) is 0 Å². The number of hydrazine groups is 1. The molecule has 2 aliphatic carbocycles. The van der Waals surface area contributed by atoms with Crippen molar-refractivity contribution in [2.45, 2.75) is 12.8 Å². The summed E-state index contributed by atoms with van der Waals surface area (Å²) in [6, 6.07) is 0. The topological polar surface area (TPSA) is 55.1 Å². The molecule has 0 saturated heterocycles. The number of hydrogen-bond donors (Lipinski definition) is 2. The van der Waals surface area contributed by atoms with Gasteiger partial charge in [-0.3, -0.25) is 10.2 Å². The minimum Gasteiger partial charge on any atom is -0.294 e. The fourth-order valence-corrected chi connectivity index (χ4v) is 2.19. The number of rotatable bonds is 1. The van der Waals surface area contributed by atoms with E-state index in [4.69, 9.17) is 5.84 Å². The van der Waals surface area contributed by atoms with Gasteiger partial charge >= 0.3 is 0 Å². The summed E-state index contributed by atoms with van der Waals surface area (Å²) in [5.41, 5.74) is 2.22. The first-order valence-corrected chi connectivity index (χ1v) is 4.00. The smallest absolute Gasteiger partial charge is 0.237 e. The van der Waals surface area contributed by atoms with Crippen LogP contribution in [-0.2, 0) is 4.79 Å². The molecule has 2 aliphatic rings. The van der Waals surface area contributed by atoms with Gasteiger partial charge in [0, 0.05) is 5.92 Å². The second-order valence-corrected chi connectivity index (χ2v) is 3.40. The molecule has 2 rings (SSSR count). The lowest BCUT2D eigenvalue weighted by Crippen LogP contribution is -2.37. The number of carbonyl (C=O) groups is 1. The summed E-state index contributed by atoms with van der Waals surface area (Å²) in [4.78, 5) is 11.1. The Morgan fingerprint density at radius 1 is 1.45 bits per heavy atom. The zero-order chi connectivity index (χ0) is 7.84. The molecule has 3 nitrogen and oxygen atoms in total. The summed E-state index contributed by atoms with van der Waals surface area (Å²) >= 11 is 0. The minimum atomic E-state index is 0.00171. The summed E-state index contributed by atoms with van der Waals surface area (Å²) < 4.78 is 0.